The van der Waals surface area contributed by atoms with Crippen LogP contribution in [0.15, 0.2) is 42.7 Å². The molecule has 0 amide bonds. The molecule has 1 N–H and O–H groups in total. The lowest BCUT2D eigenvalue weighted by molar-refractivity contribution is -0.139. The number of halogens is 3. The molecule has 3 nitrogen and oxygen atoms in total. The first-order valence-corrected chi connectivity index (χ1v) is 6.71. The van der Waals surface area contributed by atoms with E-state index in [0.717, 1.165) is 17.8 Å². The van der Waals surface area contributed by atoms with Crippen LogP contribution in [0, 0.1) is 5.92 Å². The molecule has 6 heteroatoms. The van der Waals surface area contributed by atoms with E-state index in [0.29, 0.717) is 17.5 Å². The number of benzene rings is 1. The van der Waals surface area contributed by atoms with E-state index in [1.165, 1.54) is 6.20 Å². The van der Waals surface area contributed by atoms with Crippen LogP contribution < -0.4 is 0 Å². The molecule has 3 rings (SSSR count). The predicted molar refractivity (Wildman–Crippen MR) is 73.2 cm³/mol. The van der Waals surface area contributed by atoms with E-state index in [2.05, 4.69) is 4.98 Å². The molecule has 1 aromatic heterocycles. The van der Waals surface area contributed by atoms with Gasteiger partial charge in [0.05, 0.1) is 11.5 Å². The van der Waals surface area contributed by atoms with Crippen molar-refractivity contribution in [2.45, 2.75) is 18.5 Å². The van der Waals surface area contributed by atoms with Gasteiger partial charge in [0, 0.05) is 18.0 Å². The minimum atomic E-state index is -4.44. The lowest BCUT2D eigenvalue weighted by Crippen LogP contribution is -2.05. The number of hydrogen-bond acceptors (Lipinski definition) is 2. The molecule has 114 valence electrons. The Hall–Kier alpha value is -2.37. The molecule has 1 aromatic carbocycles. The summed E-state index contributed by atoms with van der Waals surface area (Å²) in [4.78, 5) is 14.6. The Morgan fingerprint density at radius 1 is 1.18 bits per heavy atom. The summed E-state index contributed by atoms with van der Waals surface area (Å²) in [6, 6.07) is 8.01. The second-order valence-electron chi connectivity index (χ2n) is 5.37. The van der Waals surface area contributed by atoms with Gasteiger partial charge in [-0.1, -0.05) is 24.3 Å². The normalized spacial score (nSPS) is 20.7. The number of aliphatic carboxylic acids is 1. The maximum Gasteiger partial charge on any atom is 0.417 e. The lowest BCUT2D eigenvalue weighted by atomic mass is 10.0. The number of carboxylic acid groups (broad SMARTS) is 1. The second-order valence-corrected chi connectivity index (χ2v) is 5.37. The van der Waals surface area contributed by atoms with Crippen molar-refractivity contribution in [3.63, 3.8) is 0 Å². The molecule has 0 bridgehead atoms. The van der Waals surface area contributed by atoms with Gasteiger partial charge in [-0.05, 0) is 29.5 Å². The molecular weight excluding hydrogens is 295 g/mol. The number of nitrogens with zero attached hydrogens (tertiary/aromatic N) is 1. The predicted octanol–water partition coefficient (Wildman–Crippen LogP) is 3.96. The molecule has 0 unspecified atom stereocenters. The molecule has 1 fully saturated rings. The van der Waals surface area contributed by atoms with E-state index in [-0.39, 0.29) is 5.92 Å². The van der Waals surface area contributed by atoms with E-state index in [1.54, 1.807) is 24.3 Å². The van der Waals surface area contributed by atoms with Gasteiger partial charge in [0.2, 0.25) is 0 Å². The van der Waals surface area contributed by atoms with Crippen LogP contribution in [0.4, 0.5) is 13.2 Å². The van der Waals surface area contributed by atoms with Crippen LogP contribution >= 0.6 is 0 Å². The molecule has 22 heavy (non-hydrogen) atoms. The van der Waals surface area contributed by atoms with Crippen molar-refractivity contribution in [2.24, 2.45) is 5.92 Å². The van der Waals surface area contributed by atoms with E-state index in [1.807, 2.05) is 0 Å². The Bertz CT molecular complexity index is 727. The molecular formula is C16H12F3NO2. The third-order valence-electron chi connectivity index (χ3n) is 3.82. The Kier molecular flexibility index (Phi) is 3.39. The fourth-order valence-corrected chi connectivity index (χ4v) is 2.54. The highest BCUT2D eigenvalue weighted by Gasteiger charge is 2.44. The third-order valence-corrected chi connectivity index (χ3v) is 3.82. The van der Waals surface area contributed by atoms with E-state index in [4.69, 9.17) is 5.11 Å². The molecule has 1 aliphatic rings. The zero-order chi connectivity index (χ0) is 15.9. The van der Waals surface area contributed by atoms with Gasteiger partial charge >= 0.3 is 12.1 Å². The summed E-state index contributed by atoms with van der Waals surface area (Å²) < 4.78 is 38.2. The highest BCUT2D eigenvalue weighted by molar-refractivity contribution is 5.75. The molecule has 1 aliphatic carbocycles. The van der Waals surface area contributed by atoms with Crippen molar-refractivity contribution >= 4 is 5.97 Å². The second kappa shape index (κ2) is 5.12. The van der Waals surface area contributed by atoms with E-state index in [9.17, 15) is 18.0 Å². The van der Waals surface area contributed by atoms with Crippen LogP contribution in [-0.2, 0) is 11.0 Å². The van der Waals surface area contributed by atoms with Gasteiger partial charge in [0.15, 0.2) is 0 Å². The zero-order valence-electron chi connectivity index (χ0n) is 11.3. The van der Waals surface area contributed by atoms with Gasteiger partial charge < -0.3 is 5.11 Å². The van der Waals surface area contributed by atoms with Crippen molar-refractivity contribution < 1.29 is 23.1 Å². The highest BCUT2D eigenvalue weighted by atomic mass is 19.4. The lowest BCUT2D eigenvalue weighted by Gasteiger charge is -2.09. The Balaban J connectivity index is 1.92. The maximum absolute atomic E-state index is 12.7. The molecule has 1 heterocycles. The fraction of sp³-hybridized carbons (Fsp3) is 0.250. The highest BCUT2D eigenvalue weighted by Crippen LogP contribution is 2.48. The molecule has 2 aromatic rings. The summed E-state index contributed by atoms with van der Waals surface area (Å²) in [6.07, 6.45) is -1.71. The van der Waals surface area contributed by atoms with Gasteiger partial charge in [-0.2, -0.15) is 13.2 Å². The zero-order valence-corrected chi connectivity index (χ0v) is 11.3. The van der Waals surface area contributed by atoms with Gasteiger partial charge in [0.25, 0.3) is 0 Å². The molecule has 0 saturated heterocycles. The van der Waals surface area contributed by atoms with Crippen molar-refractivity contribution in [2.75, 3.05) is 0 Å². The van der Waals surface area contributed by atoms with Gasteiger partial charge in [-0.25, -0.2) is 0 Å². The Morgan fingerprint density at radius 3 is 2.59 bits per heavy atom. The Labute approximate surface area is 124 Å². The van der Waals surface area contributed by atoms with Crippen LogP contribution in [0.1, 0.15) is 23.5 Å². The molecule has 0 aliphatic heterocycles. The van der Waals surface area contributed by atoms with Crippen LogP contribution in [0.5, 0.6) is 0 Å². The van der Waals surface area contributed by atoms with Crippen molar-refractivity contribution in [3.05, 3.63) is 53.9 Å². The maximum atomic E-state index is 12.7. The fourth-order valence-electron chi connectivity index (χ4n) is 2.54. The van der Waals surface area contributed by atoms with Crippen molar-refractivity contribution in [1.82, 2.24) is 4.98 Å². The summed E-state index contributed by atoms with van der Waals surface area (Å²) in [5, 5.41) is 8.96. The first-order chi connectivity index (χ1) is 10.4. The van der Waals surface area contributed by atoms with Gasteiger partial charge in [-0.3, -0.25) is 9.78 Å². The SMILES string of the molecule is O=C(O)[C@@H]1C[C@H]1c1cccc(-c2cncc(C(F)(F)F)c2)c1. The summed E-state index contributed by atoms with van der Waals surface area (Å²) >= 11 is 0. The summed E-state index contributed by atoms with van der Waals surface area (Å²) in [6.45, 7) is 0. The molecule has 0 spiro atoms. The first-order valence-electron chi connectivity index (χ1n) is 6.71. The number of carbonyl (C=O) groups is 1. The van der Waals surface area contributed by atoms with E-state index < -0.39 is 23.6 Å². The average Bonchev–Trinajstić information content (AvgIpc) is 3.27. The topological polar surface area (TPSA) is 50.2 Å². The quantitative estimate of drug-likeness (QED) is 0.934. The number of alkyl halides is 3. The van der Waals surface area contributed by atoms with Crippen molar-refractivity contribution in [1.29, 1.82) is 0 Å². The Morgan fingerprint density at radius 2 is 1.95 bits per heavy atom. The minimum Gasteiger partial charge on any atom is -0.481 e. The van der Waals surface area contributed by atoms with Gasteiger partial charge in [0.1, 0.15) is 0 Å². The van der Waals surface area contributed by atoms with Crippen LogP contribution in [0.3, 0.4) is 0 Å². The standard InChI is InChI=1S/C16H12F3NO2/c17-16(18,19)12-5-11(7-20-8-12)9-2-1-3-10(4-9)13-6-14(13)15(21)22/h1-5,7-8,13-14H,6H2,(H,21,22)/t13-,14+/m0/s1. The largest absolute Gasteiger partial charge is 0.481 e. The molecule has 1 saturated carbocycles. The molecule has 2 atom stereocenters. The smallest absolute Gasteiger partial charge is 0.417 e. The van der Waals surface area contributed by atoms with Gasteiger partial charge in [-0.15, -0.1) is 0 Å². The number of rotatable bonds is 3. The number of pyridine rings is 1. The van der Waals surface area contributed by atoms with E-state index >= 15 is 0 Å². The molecule has 0 radical (unpaired) electrons. The first kappa shape index (κ1) is 14.6. The summed E-state index contributed by atoms with van der Waals surface area (Å²) in [7, 11) is 0. The summed E-state index contributed by atoms with van der Waals surface area (Å²) in [5.74, 6) is -1.29. The number of carboxylic acids is 1. The minimum absolute atomic E-state index is 0.0591. The van der Waals surface area contributed by atoms with Crippen LogP contribution in [0.2, 0.25) is 0 Å². The van der Waals surface area contributed by atoms with Crippen LogP contribution in [0.25, 0.3) is 11.1 Å². The van der Waals surface area contributed by atoms with Crippen LogP contribution in [-0.4, -0.2) is 16.1 Å². The third kappa shape index (κ3) is 2.81. The number of aromatic nitrogens is 1. The monoisotopic (exact) mass is 307 g/mol. The number of hydrogen-bond donors (Lipinski definition) is 1. The average molecular weight is 307 g/mol. The van der Waals surface area contributed by atoms with Crippen molar-refractivity contribution in [3.8, 4) is 11.1 Å². The summed E-state index contributed by atoms with van der Waals surface area (Å²) in [5.41, 5.74) is 1.00.